The molecule has 5 heteroatoms. The Kier molecular flexibility index (Phi) is 5.37. The average molecular weight is 488 g/mol. The lowest BCUT2D eigenvalue weighted by molar-refractivity contribution is 1.07. The summed E-state index contributed by atoms with van der Waals surface area (Å²) in [5.74, 6) is 1.26. The van der Waals surface area contributed by atoms with Crippen LogP contribution in [0, 0.1) is 0 Å². The van der Waals surface area contributed by atoms with Gasteiger partial charge in [0.1, 0.15) is 6.33 Å². The number of pyridine rings is 2. The quantitative estimate of drug-likeness (QED) is 0.255. The van der Waals surface area contributed by atoms with E-state index in [1.807, 2.05) is 73.1 Å². The van der Waals surface area contributed by atoms with Crippen molar-refractivity contribution in [1.29, 1.82) is 0 Å². The molecule has 0 saturated carbocycles. The predicted molar refractivity (Wildman–Crippen MR) is 152 cm³/mol. The molecule has 0 spiro atoms. The predicted octanol–water partition coefficient (Wildman–Crippen LogP) is 7.64. The van der Waals surface area contributed by atoms with Crippen molar-refractivity contribution in [2.75, 3.05) is 0 Å². The van der Waals surface area contributed by atoms with Gasteiger partial charge >= 0.3 is 0 Å². The first kappa shape index (κ1) is 21.9. The lowest BCUT2D eigenvalue weighted by atomic mass is 10.0. The zero-order valence-electron chi connectivity index (χ0n) is 20.4. The SMILES string of the molecule is c1cc(-c2cnc3ccccc3c2)cc(-c2ncnc(-c3cccc(-c4cnc5ccccc5c4)c3)n2)c1. The van der Waals surface area contributed by atoms with E-state index in [-0.39, 0.29) is 0 Å². The van der Waals surface area contributed by atoms with Gasteiger partial charge in [0.15, 0.2) is 11.6 Å². The van der Waals surface area contributed by atoms with E-state index in [0.717, 1.165) is 55.2 Å². The lowest BCUT2D eigenvalue weighted by Gasteiger charge is -2.08. The first-order valence-corrected chi connectivity index (χ1v) is 12.4. The molecule has 0 radical (unpaired) electrons. The Balaban J connectivity index is 1.23. The Morgan fingerprint density at radius 2 is 0.842 bits per heavy atom. The molecule has 0 amide bonds. The molecule has 38 heavy (non-hydrogen) atoms. The van der Waals surface area contributed by atoms with Crippen LogP contribution in [0.3, 0.4) is 0 Å². The Morgan fingerprint density at radius 1 is 0.368 bits per heavy atom. The second kappa shape index (κ2) is 9.30. The summed E-state index contributed by atoms with van der Waals surface area (Å²) in [5.41, 5.74) is 8.05. The van der Waals surface area contributed by atoms with Gasteiger partial charge in [-0.05, 0) is 47.5 Å². The Labute approximate surface area is 219 Å². The fourth-order valence-electron chi connectivity index (χ4n) is 4.71. The third kappa shape index (κ3) is 4.16. The van der Waals surface area contributed by atoms with Crippen LogP contribution in [0.1, 0.15) is 0 Å². The molecule has 0 N–H and O–H groups in total. The number of hydrogen-bond acceptors (Lipinski definition) is 5. The first-order chi connectivity index (χ1) is 18.8. The summed E-state index contributed by atoms with van der Waals surface area (Å²) >= 11 is 0. The molecule has 178 valence electrons. The molecule has 0 atom stereocenters. The zero-order chi connectivity index (χ0) is 25.3. The average Bonchev–Trinajstić information content (AvgIpc) is 3.01. The second-order valence-electron chi connectivity index (χ2n) is 9.13. The van der Waals surface area contributed by atoms with Crippen LogP contribution in [0.15, 0.2) is 128 Å². The molecule has 0 bridgehead atoms. The van der Waals surface area contributed by atoms with E-state index in [9.17, 15) is 0 Å². The molecule has 0 aliphatic heterocycles. The van der Waals surface area contributed by atoms with Gasteiger partial charge in [0.2, 0.25) is 0 Å². The van der Waals surface area contributed by atoms with E-state index in [0.29, 0.717) is 11.6 Å². The minimum absolute atomic E-state index is 0.628. The second-order valence-corrected chi connectivity index (χ2v) is 9.13. The molecule has 7 rings (SSSR count). The van der Waals surface area contributed by atoms with Crippen molar-refractivity contribution < 1.29 is 0 Å². The molecule has 0 saturated heterocycles. The van der Waals surface area contributed by atoms with Crippen molar-refractivity contribution in [3.63, 3.8) is 0 Å². The monoisotopic (exact) mass is 487 g/mol. The van der Waals surface area contributed by atoms with Crippen LogP contribution in [0.2, 0.25) is 0 Å². The number of benzene rings is 4. The van der Waals surface area contributed by atoms with Crippen LogP contribution < -0.4 is 0 Å². The van der Waals surface area contributed by atoms with E-state index in [1.165, 1.54) is 0 Å². The Bertz CT molecular complexity index is 1810. The van der Waals surface area contributed by atoms with Crippen LogP contribution in [-0.2, 0) is 0 Å². The third-order valence-corrected chi connectivity index (χ3v) is 6.66. The van der Waals surface area contributed by atoms with E-state index in [2.05, 4.69) is 68.5 Å². The molecule has 0 unspecified atom stereocenters. The summed E-state index contributed by atoms with van der Waals surface area (Å²) in [6, 6.07) is 37.0. The van der Waals surface area contributed by atoms with Gasteiger partial charge < -0.3 is 0 Å². The van der Waals surface area contributed by atoms with Crippen LogP contribution in [0.4, 0.5) is 0 Å². The van der Waals surface area contributed by atoms with Crippen molar-refractivity contribution in [3.8, 4) is 45.0 Å². The minimum atomic E-state index is 0.628. The van der Waals surface area contributed by atoms with Crippen molar-refractivity contribution >= 4 is 21.8 Å². The molecule has 7 aromatic rings. The summed E-state index contributed by atoms with van der Waals surface area (Å²) in [6.45, 7) is 0. The van der Waals surface area contributed by atoms with E-state index in [1.54, 1.807) is 6.33 Å². The summed E-state index contributed by atoms with van der Waals surface area (Å²) in [4.78, 5) is 23.0. The number of aromatic nitrogens is 5. The molecule has 0 fully saturated rings. The zero-order valence-corrected chi connectivity index (χ0v) is 20.4. The van der Waals surface area contributed by atoms with Crippen molar-refractivity contribution in [3.05, 3.63) is 128 Å². The van der Waals surface area contributed by atoms with Crippen LogP contribution >= 0.6 is 0 Å². The fraction of sp³-hybridized carbons (Fsp3) is 0. The minimum Gasteiger partial charge on any atom is -0.256 e. The summed E-state index contributed by atoms with van der Waals surface area (Å²) in [7, 11) is 0. The number of hydrogen-bond donors (Lipinski definition) is 0. The standard InChI is InChI=1S/C33H21N5/c1-3-13-30-24(7-1)17-28(19-34-30)22-9-5-11-26(15-22)32-36-21-37-33(38-32)27-12-6-10-23(16-27)29-18-25-8-2-4-14-31(25)35-20-29/h1-21H. The lowest BCUT2D eigenvalue weighted by Crippen LogP contribution is -1.96. The van der Waals surface area contributed by atoms with Crippen LogP contribution in [0.5, 0.6) is 0 Å². The molecular weight excluding hydrogens is 466 g/mol. The first-order valence-electron chi connectivity index (χ1n) is 12.4. The van der Waals surface area contributed by atoms with Gasteiger partial charge in [0.25, 0.3) is 0 Å². The van der Waals surface area contributed by atoms with Crippen molar-refractivity contribution in [2.45, 2.75) is 0 Å². The smallest absolute Gasteiger partial charge is 0.163 e. The van der Waals surface area contributed by atoms with E-state index < -0.39 is 0 Å². The van der Waals surface area contributed by atoms with Gasteiger partial charge in [-0.25, -0.2) is 15.0 Å². The fourth-order valence-corrected chi connectivity index (χ4v) is 4.71. The molecule has 5 nitrogen and oxygen atoms in total. The highest BCUT2D eigenvalue weighted by Gasteiger charge is 2.10. The molecule has 3 aromatic heterocycles. The van der Waals surface area contributed by atoms with Crippen LogP contribution in [-0.4, -0.2) is 24.9 Å². The highest BCUT2D eigenvalue weighted by Crippen LogP contribution is 2.29. The molecule has 3 heterocycles. The van der Waals surface area contributed by atoms with Gasteiger partial charge in [0.05, 0.1) is 11.0 Å². The van der Waals surface area contributed by atoms with Gasteiger partial charge in [-0.1, -0.05) is 72.8 Å². The van der Waals surface area contributed by atoms with Crippen molar-refractivity contribution in [1.82, 2.24) is 24.9 Å². The Hall–Kier alpha value is -5.29. The Morgan fingerprint density at radius 3 is 1.37 bits per heavy atom. The van der Waals surface area contributed by atoms with E-state index >= 15 is 0 Å². The van der Waals surface area contributed by atoms with Gasteiger partial charge in [0, 0.05) is 45.4 Å². The third-order valence-electron chi connectivity index (χ3n) is 6.66. The van der Waals surface area contributed by atoms with Gasteiger partial charge in [-0.3, -0.25) is 9.97 Å². The van der Waals surface area contributed by atoms with Crippen LogP contribution in [0.25, 0.3) is 66.8 Å². The molecular formula is C33H21N5. The topological polar surface area (TPSA) is 64.5 Å². The summed E-state index contributed by atoms with van der Waals surface area (Å²) in [6.07, 6.45) is 5.40. The molecule has 0 aliphatic carbocycles. The number of para-hydroxylation sites is 2. The number of nitrogens with zero attached hydrogens (tertiary/aromatic N) is 5. The maximum Gasteiger partial charge on any atom is 0.163 e. The highest BCUT2D eigenvalue weighted by molar-refractivity contribution is 5.85. The number of rotatable bonds is 4. The molecule has 0 aliphatic rings. The van der Waals surface area contributed by atoms with Gasteiger partial charge in [-0.2, -0.15) is 0 Å². The maximum absolute atomic E-state index is 4.83. The summed E-state index contributed by atoms with van der Waals surface area (Å²) in [5, 5.41) is 2.22. The van der Waals surface area contributed by atoms with Gasteiger partial charge in [-0.15, -0.1) is 0 Å². The van der Waals surface area contributed by atoms with Crippen molar-refractivity contribution in [2.24, 2.45) is 0 Å². The normalized spacial score (nSPS) is 11.2. The summed E-state index contributed by atoms with van der Waals surface area (Å²) < 4.78 is 0. The number of fused-ring (bicyclic) bond motifs is 2. The highest BCUT2D eigenvalue weighted by atomic mass is 15.0. The largest absolute Gasteiger partial charge is 0.256 e. The maximum atomic E-state index is 4.83. The molecule has 4 aromatic carbocycles. The van der Waals surface area contributed by atoms with E-state index in [4.69, 9.17) is 4.98 Å².